The Balaban J connectivity index is 1.73. The average molecular weight is 445 g/mol. The lowest BCUT2D eigenvalue weighted by Gasteiger charge is -2.30. The Bertz CT molecular complexity index is 879. The van der Waals surface area contributed by atoms with Gasteiger partial charge in [-0.1, -0.05) is 60.7 Å². The van der Waals surface area contributed by atoms with Crippen LogP contribution in [0.4, 0.5) is 0 Å². The smallest absolute Gasteiger partial charge is 0.323 e. The highest BCUT2D eigenvalue weighted by Gasteiger charge is 2.36. The number of carbonyl (C=O) groups excluding carboxylic acids is 2. The molecule has 1 aliphatic rings. The highest BCUT2D eigenvalue weighted by atomic mass is 32.2. The number of rotatable bonds is 7. The van der Waals surface area contributed by atoms with E-state index in [0.717, 1.165) is 11.1 Å². The number of thioether (sulfide) groups is 1. The standard InChI is InChI=1S/C22H24N2O4S2/c25-20(26)12-24-18(16-9-5-2-6-10-16)14-30-13-17(22(24)28)23-21(27)19(29)11-15-7-3-1-4-8-15/h1-10,17-19,29H,11-14H2,(H,23,27)(H,25,26)/t17-,18-,19-/m0/s1. The van der Waals surface area contributed by atoms with Crippen LogP contribution in [0.2, 0.25) is 0 Å². The van der Waals surface area contributed by atoms with Gasteiger partial charge in [0.15, 0.2) is 0 Å². The molecule has 0 aliphatic carbocycles. The van der Waals surface area contributed by atoms with E-state index in [1.165, 1.54) is 16.7 Å². The first-order chi connectivity index (χ1) is 14.5. The molecular weight excluding hydrogens is 420 g/mol. The number of carboxylic acids is 1. The summed E-state index contributed by atoms with van der Waals surface area (Å²) in [5.74, 6) is -0.864. The number of nitrogens with zero attached hydrogens (tertiary/aromatic N) is 1. The quantitative estimate of drug-likeness (QED) is 0.571. The van der Waals surface area contributed by atoms with E-state index in [-0.39, 0.29) is 17.9 Å². The lowest BCUT2D eigenvalue weighted by molar-refractivity contribution is -0.147. The number of carboxylic acid groups (broad SMARTS) is 1. The summed E-state index contributed by atoms with van der Waals surface area (Å²) in [6, 6.07) is 17.7. The van der Waals surface area contributed by atoms with Crippen molar-refractivity contribution in [3.63, 3.8) is 0 Å². The van der Waals surface area contributed by atoms with Gasteiger partial charge in [0.2, 0.25) is 11.8 Å². The molecule has 0 spiro atoms. The fraction of sp³-hybridized carbons (Fsp3) is 0.318. The van der Waals surface area contributed by atoms with E-state index in [1.807, 2.05) is 60.7 Å². The molecule has 3 atom stereocenters. The van der Waals surface area contributed by atoms with Crippen LogP contribution in [0.3, 0.4) is 0 Å². The van der Waals surface area contributed by atoms with Gasteiger partial charge in [0, 0.05) is 11.5 Å². The van der Waals surface area contributed by atoms with E-state index < -0.39 is 23.8 Å². The third kappa shape index (κ3) is 5.79. The zero-order chi connectivity index (χ0) is 21.5. The summed E-state index contributed by atoms with van der Waals surface area (Å²) in [6.07, 6.45) is 0.440. The highest BCUT2D eigenvalue weighted by Crippen LogP contribution is 2.29. The first-order valence-electron chi connectivity index (χ1n) is 9.63. The lowest BCUT2D eigenvalue weighted by atomic mass is 10.1. The van der Waals surface area contributed by atoms with Gasteiger partial charge in [-0.3, -0.25) is 14.4 Å². The minimum atomic E-state index is -1.09. The molecule has 0 bridgehead atoms. The van der Waals surface area contributed by atoms with E-state index in [2.05, 4.69) is 17.9 Å². The summed E-state index contributed by atoms with van der Waals surface area (Å²) in [5, 5.41) is 11.5. The lowest BCUT2D eigenvalue weighted by Crippen LogP contribution is -2.52. The zero-order valence-corrected chi connectivity index (χ0v) is 18.0. The third-order valence-electron chi connectivity index (χ3n) is 4.90. The monoisotopic (exact) mass is 444 g/mol. The summed E-state index contributed by atoms with van der Waals surface area (Å²) < 4.78 is 0. The number of nitrogens with one attached hydrogen (secondary N) is 1. The number of aliphatic carboxylic acids is 1. The van der Waals surface area contributed by atoms with E-state index in [4.69, 9.17) is 0 Å². The number of carbonyl (C=O) groups is 3. The van der Waals surface area contributed by atoms with Crippen LogP contribution in [-0.2, 0) is 20.8 Å². The van der Waals surface area contributed by atoms with Gasteiger partial charge in [-0.25, -0.2) is 0 Å². The fourth-order valence-corrected chi connectivity index (χ4v) is 4.88. The summed E-state index contributed by atoms with van der Waals surface area (Å²) in [6.45, 7) is -0.417. The third-order valence-corrected chi connectivity index (χ3v) is 6.44. The Labute approximate surface area is 185 Å². The molecule has 0 radical (unpaired) electrons. The van der Waals surface area contributed by atoms with Crippen LogP contribution in [-0.4, -0.2) is 57.1 Å². The largest absolute Gasteiger partial charge is 0.480 e. The maximum absolute atomic E-state index is 13.2. The highest BCUT2D eigenvalue weighted by molar-refractivity contribution is 7.99. The summed E-state index contributed by atoms with van der Waals surface area (Å²) in [5.41, 5.74) is 1.86. The van der Waals surface area contributed by atoms with Crippen molar-refractivity contribution in [2.24, 2.45) is 0 Å². The second-order valence-electron chi connectivity index (χ2n) is 7.09. The zero-order valence-electron chi connectivity index (χ0n) is 16.3. The van der Waals surface area contributed by atoms with Gasteiger partial charge >= 0.3 is 5.97 Å². The van der Waals surface area contributed by atoms with Crippen LogP contribution >= 0.6 is 24.4 Å². The number of hydrogen-bond acceptors (Lipinski definition) is 5. The van der Waals surface area contributed by atoms with Gasteiger partial charge < -0.3 is 15.3 Å². The second kappa shape index (κ2) is 10.5. The van der Waals surface area contributed by atoms with Crippen LogP contribution in [0.5, 0.6) is 0 Å². The van der Waals surface area contributed by atoms with Crippen molar-refractivity contribution in [1.82, 2.24) is 10.2 Å². The van der Waals surface area contributed by atoms with E-state index >= 15 is 0 Å². The molecule has 2 aromatic rings. The van der Waals surface area contributed by atoms with Crippen LogP contribution in [0.15, 0.2) is 60.7 Å². The molecule has 0 unspecified atom stereocenters. The van der Waals surface area contributed by atoms with Crippen molar-refractivity contribution in [1.29, 1.82) is 0 Å². The Morgan fingerprint density at radius 1 is 1.10 bits per heavy atom. The maximum atomic E-state index is 13.2. The molecule has 30 heavy (non-hydrogen) atoms. The van der Waals surface area contributed by atoms with Gasteiger partial charge in [-0.15, -0.1) is 0 Å². The summed E-state index contributed by atoms with van der Waals surface area (Å²) >= 11 is 5.93. The molecule has 1 heterocycles. The van der Waals surface area contributed by atoms with E-state index in [1.54, 1.807) is 0 Å². The molecule has 8 heteroatoms. The number of hydrogen-bond donors (Lipinski definition) is 3. The van der Waals surface area contributed by atoms with E-state index in [0.29, 0.717) is 17.9 Å². The number of benzene rings is 2. The van der Waals surface area contributed by atoms with Gasteiger partial charge in [0.1, 0.15) is 12.6 Å². The molecule has 158 valence electrons. The van der Waals surface area contributed by atoms with Gasteiger partial charge in [-0.2, -0.15) is 24.4 Å². The van der Waals surface area contributed by atoms with Crippen molar-refractivity contribution in [2.75, 3.05) is 18.1 Å². The first-order valence-corrected chi connectivity index (χ1v) is 11.3. The van der Waals surface area contributed by atoms with Crippen LogP contribution < -0.4 is 5.32 Å². The normalized spacial score (nSPS) is 20.3. The minimum absolute atomic E-state index is 0.338. The molecule has 1 saturated heterocycles. The molecule has 2 amide bonds. The molecule has 2 N–H and O–H groups in total. The predicted molar refractivity (Wildman–Crippen MR) is 121 cm³/mol. The van der Waals surface area contributed by atoms with Crippen molar-refractivity contribution in [3.8, 4) is 0 Å². The molecule has 3 rings (SSSR count). The molecule has 1 aliphatic heterocycles. The van der Waals surface area contributed by atoms with E-state index in [9.17, 15) is 19.5 Å². The molecule has 6 nitrogen and oxygen atoms in total. The Morgan fingerprint density at radius 3 is 2.37 bits per heavy atom. The topological polar surface area (TPSA) is 86.7 Å². The average Bonchev–Trinajstić information content (AvgIpc) is 2.89. The van der Waals surface area contributed by atoms with Gasteiger partial charge in [0.25, 0.3) is 0 Å². The number of thiol groups is 1. The molecule has 0 saturated carbocycles. The summed E-state index contributed by atoms with van der Waals surface area (Å²) in [7, 11) is 0. The van der Waals surface area contributed by atoms with Gasteiger partial charge in [-0.05, 0) is 17.5 Å². The summed E-state index contributed by atoms with van der Waals surface area (Å²) in [4.78, 5) is 38.7. The van der Waals surface area contributed by atoms with Crippen molar-refractivity contribution in [2.45, 2.75) is 23.8 Å². The van der Waals surface area contributed by atoms with Crippen molar-refractivity contribution in [3.05, 3.63) is 71.8 Å². The maximum Gasteiger partial charge on any atom is 0.323 e. The predicted octanol–water partition coefficient (Wildman–Crippen LogP) is 2.41. The van der Waals surface area contributed by atoms with Crippen molar-refractivity contribution >= 4 is 42.2 Å². The van der Waals surface area contributed by atoms with Gasteiger partial charge in [0.05, 0.1) is 11.3 Å². The van der Waals surface area contributed by atoms with Crippen molar-refractivity contribution < 1.29 is 19.5 Å². The van der Waals surface area contributed by atoms with Crippen LogP contribution in [0, 0.1) is 0 Å². The SMILES string of the molecule is O=C(O)CN1C(=O)[C@@H](NC(=O)[C@@H](S)Cc2ccccc2)CSC[C@H]1c1ccccc1. The molecule has 0 aromatic heterocycles. The first kappa shape index (κ1) is 22.2. The fourth-order valence-electron chi connectivity index (χ4n) is 3.40. The molecular formula is C22H24N2O4S2. The Morgan fingerprint density at radius 2 is 1.73 bits per heavy atom. The molecule has 1 fully saturated rings. The second-order valence-corrected chi connectivity index (χ2v) is 8.79. The minimum Gasteiger partial charge on any atom is -0.480 e. The van der Waals surface area contributed by atoms with Crippen LogP contribution in [0.25, 0.3) is 0 Å². The Kier molecular flexibility index (Phi) is 7.81. The number of amides is 2. The molecule has 2 aromatic carbocycles. The Hall–Kier alpha value is -2.45. The van der Waals surface area contributed by atoms with Crippen LogP contribution in [0.1, 0.15) is 17.2 Å².